The molecule has 0 aromatic heterocycles. The van der Waals surface area contributed by atoms with Crippen LogP contribution >= 0.6 is 0 Å². The monoisotopic (exact) mass is 605 g/mol. The summed E-state index contributed by atoms with van der Waals surface area (Å²) in [5.41, 5.74) is 3.46. The fourth-order valence-corrected chi connectivity index (χ4v) is 6.36. The van der Waals surface area contributed by atoms with Crippen LogP contribution in [0.15, 0.2) is 77.1 Å². The SMILES string of the molecule is CCC1=C(C(=O)N(O)CCCN2CCC(C(C)=O)(c3ccccc3)CC2)C(c2ccc([N+](=O)[O-])cc2)C(C(=O)NO)=C(C)N1. The van der Waals surface area contributed by atoms with Crippen molar-refractivity contribution < 1.29 is 29.7 Å². The number of likely N-dealkylation sites (tertiary alicyclic amines) is 1. The number of nitrogens with zero attached hydrogens (tertiary/aromatic N) is 3. The number of nitro groups is 1. The predicted octanol–water partition coefficient (Wildman–Crippen LogP) is 3.96. The Morgan fingerprint density at radius 1 is 1.09 bits per heavy atom. The highest BCUT2D eigenvalue weighted by molar-refractivity contribution is 6.03. The van der Waals surface area contributed by atoms with Crippen molar-refractivity contribution in [3.63, 3.8) is 0 Å². The summed E-state index contributed by atoms with van der Waals surface area (Å²) >= 11 is 0. The van der Waals surface area contributed by atoms with Gasteiger partial charge in [-0.05, 0) is 70.3 Å². The van der Waals surface area contributed by atoms with Gasteiger partial charge in [0, 0.05) is 36.0 Å². The minimum Gasteiger partial charge on any atom is -0.362 e. The van der Waals surface area contributed by atoms with Crippen LogP contribution in [-0.2, 0) is 19.8 Å². The van der Waals surface area contributed by atoms with Gasteiger partial charge in [-0.25, -0.2) is 10.5 Å². The Bertz CT molecular complexity index is 1460. The number of amides is 2. The number of Topliss-reactive ketones (excluding diaryl/α,β-unsaturated/α-hetero) is 1. The van der Waals surface area contributed by atoms with Crippen molar-refractivity contribution in [2.45, 2.75) is 57.8 Å². The van der Waals surface area contributed by atoms with Crippen LogP contribution in [-0.4, -0.2) is 69.1 Å². The number of benzene rings is 2. The van der Waals surface area contributed by atoms with E-state index in [0.717, 1.165) is 5.56 Å². The number of hydrogen-bond donors (Lipinski definition) is 4. The van der Waals surface area contributed by atoms with Crippen molar-refractivity contribution in [3.05, 3.63) is 98.4 Å². The Morgan fingerprint density at radius 2 is 1.73 bits per heavy atom. The number of non-ortho nitro benzene ring substituents is 1. The van der Waals surface area contributed by atoms with Gasteiger partial charge in [0.2, 0.25) is 0 Å². The van der Waals surface area contributed by atoms with Crippen molar-refractivity contribution in [2.75, 3.05) is 26.2 Å². The lowest BCUT2D eigenvalue weighted by atomic mass is 9.70. The Morgan fingerprint density at radius 3 is 2.27 bits per heavy atom. The Kier molecular flexibility index (Phi) is 10.3. The van der Waals surface area contributed by atoms with Crippen LogP contribution in [0.1, 0.15) is 63.5 Å². The zero-order valence-electron chi connectivity index (χ0n) is 25.2. The molecule has 0 bridgehead atoms. The van der Waals surface area contributed by atoms with Crippen molar-refractivity contribution in [1.82, 2.24) is 20.8 Å². The number of carbonyl (C=O) groups excluding carboxylic acids is 3. The van der Waals surface area contributed by atoms with Crippen LogP contribution in [0.3, 0.4) is 0 Å². The van der Waals surface area contributed by atoms with Crippen LogP contribution in [0.2, 0.25) is 0 Å². The smallest absolute Gasteiger partial charge is 0.275 e. The molecule has 2 heterocycles. The minimum atomic E-state index is -0.999. The Labute approximate surface area is 256 Å². The molecule has 0 saturated carbocycles. The van der Waals surface area contributed by atoms with E-state index in [2.05, 4.69) is 10.2 Å². The third kappa shape index (κ3) is 6.57. The van der Waals surface area contributed by atoms with Gasteiger partial charge in [0.1, 0.15) is 5.78 Å². The van der Waals surface area contributed by atoms with E-state index in [-0.39, 0.29) is 29.2 Å². The number of rotatable bonds is 11. The van der Waals surface area contributed by atoms with Crippen molar-refractivity contribution in [2.24, 2.45) is 0 Å². The quantitative estimate of drug-likeness (QED) is 0.169. The van der Waals surface area contributed by atoms with Gasteiger partial charge in [-0.15, -0.1) is 0 Å². The topological polar surface area (TPSA) is 165 Å². The first-order valence-corrected chi connectivity index (χ1v) is 14.7. The number of ketones is 1. The van der Waals surface area contributed by atoms with E-state index in [0.29, 0.717) is 67.3 Å². The summed E-state index contributed by atoms with van der Waals surface area (Å²) < 4.78 is 0. The van der Waals surface area contributed by atoms with Crippen molar-refractivity contribution in [1.29, 1.82) is 0 Å². The highest BCUT2D eigenvalue weighted by Crippen LogP contribution is 2.40. The first-order valence-electron chi connectivity index (χ1n) is 14.7. The molecule has 44 heavy (non-hydrogen) atoms. The maximum Gasteiger partial charge on any atom is 0.275 e. The highest BCUT2D eigenvalue weighted by atomic mass is 16.6. The van der Waals surface area contributed by atoms with E-state index in [4.69, 9.17) is 0 Å². The second-order valence-electron chi connectivity index (χ2n) is 11.3. The van der Waals surface area contributed by atoms with Gasteiger partial charge in [-0.2, -0.15) is 0 Å². The average molecular weight is 606 g/mol. The minimum absolute atomic E-state index is 0.0174. The van der Waals surface area contributed by atoms with E-state index >= 15 is 0 Å². The number of hydroxylamine groups is 3. The van der Waals surface area contributed by atoms with Gasteiger partial charge in [0.05, 0.1) is 21.5 Å². The summed E-state index contributed by atoms with van der Waals surface area (Å²) in [7, 11) is 0. The molecule has 2 aliphatic heterocycles. The van der Waals surface area contributed by atoms with Crippen molar-refractivity contribution >= 4 is 23.3 Å². The molecule has 234 valence electrons. The van der Waals surface area contributed by atoms with E-state index in [1.54, 1.807) is 19.3 Å². The number of piperidine rings is 1. The Hall–Kier alpha value is -4.39. The second-order valence-corrected chi connectivity index (χ2v) is 11.3. The fraction of sp³-hybridized carbons (Fsp3) is 0.406. The van der Waals surface area contributed by atoms with Crippen LogP contribution in [0.5, 0.6) is 0 Å². The van der Waals surface area contributed by atoms with Crippen LogP contribution in [0, 0.1) is 10.1 Å². The molecule has 1 fully saturated rings. The van der Waals surface area contributed by atoms with Crippen LogP contribution in [0.25, 0.3) is 0 Å². The highest BCUT2D eigenvalue weighted by Gasteiger charge is 2.41. The maximum absolute atomic E-state index is 13.8. The molecule has 4 N–H and O–H groups in total. The number of nitrogens with one attached hydrogen (secondary N) is 2. The lowest BCUT2D eigenvalue weighted by Crippen LogP contribution is -2.47. The predicted molar refractivity (Wildman–Crippen MR) is 162 cm³/mol. The molecule has 4 rings (SSSR count). The molecule has 2 aromatic carbocycles. The summed E-state index contributed by atoms with van der Waals surface area (Å²) in [6, 6.07) is 15.3. The number of allylic oxidation sites excluding steroid dienone is 2. The van der Waals surface area contributed by atoms with E-state index < -0.39 is 28.1 Å². The molecule has 2 aliphatic rings. The zero-order valence-corrected chi connectivity index (χ0v) is 25.2. The molecule has 0 aliphatic carbocycles. The standard InChI is InChI=1S/C32H39N5O7/c1-4-26-29(28(27(21(2)33-26)30(39)34-41)23-11-13-25(14-12-23)37(43)44)31(40)36(42)18-8-17-35-19-15-32(16-20-35,22(3)38)24-9-6-5-7-10-24/h5-7,9-14,28,33,41-42H,4,8,15-20H2,1-3H3,(H,34,39). The molecule has 1 saturated heterocycles. The molecule has 1 unspecified atom stereocenters. The molecular formula is C32H39N5O7. The molecule has 2 aromatic rings. The van der Waals surface area contributed by atoms with E-state index in [9.17, 15) is 34.9 Å². The number of carbonyl (C=O) groups is 3. The van der Waals surface area contributed by atoms with Gasteiger partial charge in [0.25, 0.3) is 17.5 Å². The second kappa shape index (κ2) is 13.9. The largest absolute Gasteiger partial charge is 0.362 e. The first-order chi connectivity index (χ1) is 21.0. The molecule has 0 radical (unpaired) electrons. The van der Waals surface area contributed by atoms with Gasteiger partial charge in [0.15, 0.2) is 0 Å². The molecule has 1 atom stereocenters. The van der Waals surface area contributed by atoms with Crippen LogP contribution < -0.4 is 10.8 Å². The number of hydrogen-bond acceptors (Lipinski definition) is 9. The van der Waals surface area contributed by atoms with Gasteiger partial charge >= 0.3 is 0 Å². The van der Waals surface area contributed by atoms with Gasteiger partial charge in [-0.1, -0.05) is 49.4 Å². The summed E-state index contributed by atoms with van der Waals surface area (Å²) in [5, 5.41) is 35.4. The number of dihydropyridines is 1. The number of nitro benzene ring substituents is 1. The molecular weight excluding hydrogens is 566 g/mol. The third-order valence-corrected chi connectivity index (χ3v) is 8.80. The molecule has 2 amide bonds. The zero-order chi connectivity index (χ0) is 32.0. The maximum atomic E-state index is 13.8. The van der Waals surface area contributed by atoms with E-state index in [1.165, 1.54) is 24.3 Å². The summed E-state index contributed by atoms with van der Waals surface area (Å²) in [4.78, 5) is 52.2. The summed E-state index contributed by atoms with van der Waals surface area (Å²) in [6.45, 7) is 7.13. The first kappa shape index (κ1) is 32.5. The normalized spacial score (nSPS) is 18.4. The molecule has 12 nitrogen and oxygen atoms in total. The molecule has 12 heteroatoms. The van der Waals surface area contributed by atoms with Crippen molar-refractivity contribution in [3.8, 4) is 0 Å². The summed E-state index contributed by atoms with van der Waals surface area (Å²) in [6.07, 6.45) is 2.20. The average Bonchev–Trinajstić information content (AvgIpc) is 3.04. The van der Waals surface area contributed by atoms with Crippen LogP contribution in [0.4, 0.5) is 5.69 Å². The summed E-state index contributed by atoms with van der Waals surface area (Å²) in [5.74, 6) is -2.41. The third-order valence-electron chi connectivity index (χ3n) is 8.80. The lowest BCUT2D eigenvalue weighted by molar-refractivity contribution is -0.384. The fourth-order valence-electron chi connectivity index (χ4n) is 6.36. The lowest BCUT2D eigenvalue weighted by Gasteiger charge is -2.40. The van der Waals surface area contributed by atoms with Gasteiger partial charge in [-0.3, -0.25) is 34.9 Å². The molecule has 0 spiro atoms. The van der Waals surface area contributed by atoms with E-state index in [1.807, 2.05) is 37.3 Å². The van der Waals surface area contributed by atoms with Gasteiger partial charge < -0.3 is 10.2 Å². The Balaban J connectivity index is 1.48.